The number of halogens is 1. The number of methoxy groups -OCH3 is 2. The Morgan fingerprint density at radius 2 is 2.00 bits per heavy atom. The molecule has 0 aliphatic carbocycles. The molecule has 2 N–H and O–H groups in total. The van der Waals surface area contributed by atoms with Crippen LogP contribution in [0.3, 0.4) is 0 Å². The van der Waals surface area contributed by atoms with Gasteiger partial charge in [-0.3, -0.25) is 0 Å². The monoisotopic (exact) mass is 312 g/mol. The first-order chi connectivity index (χ1) is 8.58. The number of nitrogen functional groups attached to an aromatic ring is 1. The highest BCUT2D eigenvalue weighted by Gasteiger charge is 2.20. The third kappa shape index (κ3) is 2.03. The highest BCUT2D eigenvalue weighted by Crippen LogP contribution is 2.44. The molecule has 2 rings (SSSR count). The van der Waals surface area contributed by atoms with E-state index in [0.29, 0.717) is 11.4 Å². The lowest BCUT2D eigenvalue weighted by molar-refractivity contribution is 0.398. The number of nitrogens with two attached hydrogens (primary N) is 1. The van der Waals surface area contributed by atoms with Crippen molar-refractivity contribution in [2.45, 2.75) is 6.92 Å². The summed E-state index contributed by atoms with van der Waals surface area (Å²) in [6, 6.07) is 3.52. The molecule has 0 aliphatic heterocycles. The van der Waals surface area contributed by atoms with Gasteiger partial charge in [-0.1, -0.05) is 5.16 Å². The number of benzene rings is 1. The second-order valence-electron chi connectivity index (χ2n) is 3.73. The van der Waals surface area contributed by atoms with Gasteiger partial charge in [-0.05, 0) is 34.5 Å². The predicted molar refractivity (Wildman–Crippen MR) is 71.9 cm³/mol. The zero-order valence-corrected chi connectivity index (χ0v) is 11.9. The maximum Gasteiger partial charge on any atom is 0.222 e. The van der Waals surface area contributed by atoms with E-state index in [1.54, 1.807) is 20.3 Å². The van der Waals surface area contributed by atoms with E-state index in [-0.39, 0.29) is 5.88 Å². The minimum Gasteiger partial charge on any atom is -0.496 e. The van der Waals surface area contributed by atoms with Gasteiger partial charge < -0.3 is 19.7 Å². The van der Waals surface area contributed by atoms with Crippen LogP contribution >= 0.6 is 15.9 Å². The highest BCUT2D eigenvalue weighted by atomic mass is 79.9. The Labute approximate surface area is 113 Å². The fourth-order valence-electron chi connectivity index (χ4n) is 1.79. The van der Waals surface area contributed by atoms with Crippen molar-refractivity contribution in [2.24, 2.45) is 0 Å². The van der Waals surface area contributed by atoms with Crippen LogP contribution in [0, 0.1) is 6.92 Å². The van der Waals surface area contributed by atoms with Crippen molar-refractivity contribution in [3.63, 3.8) is 0 Å². The molecule has 96 valence electrons. The lowest BCUT2D eigenvalue weighted by Gasteiger charge is -2.14. The van der Waals surface area contributed by atoms with Crippen molar-refractivity contribution in [2.75, 3.05) is 20.0 Å². The number of rotatable bonds is 3. The molecule has 1 aromatic heterocycles. The molecule has 6 heteroatoms. The van der Waals surface area contributed by atoms with Crippen LogP contribution in [0.2, 0.25) is 0 Å². The molecule has 5 nitrogen and oxygen atoms in total. The summed E-state index contributed by atoms with van der Waals surface area (Å²) in [5, 5.41) is 3.89. The van der Waals surface area contributed by atoms with E-state index in [9.17, 15) is 0 Å². The first-order valence-electron chi connectivity index (χ1n) is 5.22. The Balaban J connectivity index is 2.71. The molecule has 0 saturated heterocycles. The van der Waals surface area contributed by atoms with Gasteiger partial charge in [0.2, 0.25) is 5.88 Å². The number of ether oxygens (including phenoxy) is 2. The first kappa shape index (κ1) is 12.8. The van der Waals surface area contributed by atoms with Gasteiger partial charge in [0.1, 0.15) is 17.2 Å². The molecule has 0 unspecified atom stereocenters. The van der Waals surface area contributed by atoms with Crippen molar-refractivity contribution in [1.82, 2.24) is 5.16 Å². The van der Waals surface area contributed by atoms with Crippen LogP contribution in [-0.2, 0) is 0 Å². The third-order valence-corrected chi connectivity index (χ3v) is 3.34. The summed E-state index contributed by atoms with van der Waals surface area (Å²) in [6.07, 6.45) is 0. The Morgan fingerprint density at radius 3 is 2.50 bits per heavy atom. The molecule has 0 aliphatic rings. The van der Waals surface area contributed by atoms with Crippen LogP contribution < -0.4 is 15.2 Å². The average Bonchev–Trinajstić information content (AvgIpc) is 2.75. The molecule has 0 bridgehead atoms. The normalized spacial score (nSPS) is 10.4. The van der Waals surface area contributed by atoms with Gasteiger partial charge in [-0.2, -0.15) is 0 Å². The smallest absolute Gasteiger partial charge is 0.222 e. The van der Waals surface area contributed by atoms with Crippen LogP contribution in [0.5, 0.6) is 11.5 Å². The largest absolute Gasteiger partial charge is 0.496 e. The molecule has 0 atom stereocenters. The summed E-state index contributed by atoms with van der Waals surface area (Å²) in [5.74, 6) is 1.65. The number of aromatic nitrogens is 1. The summed E-state index contributed by atoms with van der Waals surface area (Å²) in [6.45, 7) is 1.94. The molecule has 0 radical (unpaired) electrons. The Kier molecular flexibility index (Phi) is 3.47. The SMILES string of the molecule is COc1cc(C)c(OC)c(Br)c1-c1cc(N)on1. The van der Waals surface area contributed by atoms with E-state index >= 15 is 0 Å². The molecule has 0 saturated carbocycles. The maximum absolute atomic E-state index is 5.54. The van der Waals surface area contributed by atoms with E-state index in [2.05, 4.69) is 21.1 Å². The third-order valence-electron chi connectivity index (χ3n) is 2.58. The first-order valence-corrected chi connectivity index (χ1v) is 6.01. The topological polar surface area (TPSA) is 70.5 Å². The van der Waals surface area contributed by atoms with Crippen LogP contribution in [0.4, 0.5) is 5.88 Å². The van der Waals surface area contributed by atoms with Gasteiger partial charge in [-0.15, -0.1) is 0 Å². The summed E-state index contributed by atoms with van der Waals surface area (Å²) in [5.41, 5.74) is 7.84. The Bertz CT molecular complexity index is 581. The van der Waals surface area contributed by atoms with Crippen LogP contribution in [0.25, 0.3) is 11.3 Å². The summed E-state index contributed by atoms with van der Waals surface area (Å²) in [7, 11) is 3.21. The molecule has 1 aromatic carbocycles. The lowest BCUT2D eigenvalue weighted by Crippen LogP contribution is -1.95. The predicted octanol–water partition coefficient (Wildman–Crippen LogP) is 3.01. The van der Waals surface area contributed by atoms with E-state index < -0.39 is 0 Å². The van der Waals surface area contributed by atoms with Crippen molar-refractivity contribution in [1.29, 1.82) is 0 Å². The fourth-order valence-corrected chi connectivity index (χ4v) is 2.66. The fraction of sp³-hybridized carbons (Fsp3) is 0.250. The summed E-state index contributed by atoms with van der Waals surface area (Å²) in [4.78, 5) is 0. The Morgan fingerprint density at radius 1 is 1.28 bits per heavy atom. The molecule has 0 spiro atoms. The summed E-state index contributed by atoms with van der Waals surface area (Å²) >= 11 is 3.50. The van der Waals surface area contributed by atoms with Crippen LogP contribution in [0.1, 0.15) is 5.56 Å². The van der Waals surface area contributed by atoms with Gasteiger partial charge >= 0.3 is 0 Å². The van der Waals surface area contributed by atoms with Crippen LogP contribution in [0.15, 0.2) is 21.1 Å². The van der Waals surface area contributed by atoms with Gasteiger partial charge in [0, 0.05) is 6.07 Å². The summed E-state index contributed by atoms with van der Waals surface area (Å²) < 4.78 is 16.4. The van der Waals surface area contributed by atoms with Gasteiger partial charge in [-0.25, -0.2) is 0 Å². The second kappa shape index (κ2) is 4.89. The van der Waals surface area contributed by atoms with E-state index in [0.717, 1.165) is 21.3 Å². The van der Waals surface area contributed by atoms with Gasteiger partial charge in [0.05, 0.1) is 24.3 Å². The molecular formula is C12H13BrN2O3. The quantitative estimate of drug-likeness (QED) is 0.943. The highest BCUT2D eigenvalue weighted by molar-refractivity contribution is 9.10. The number of anilines is 1. The number of aryl methyl sites for hydroxylation is 1. The minimum atomic E-state index is 0.249. The number of hydrogen-bond donors (Lipinski definition) is 1. The molecule has 18 heavy (non-hydrogen) atoms. The average molecular weight is 313 g/mol. The van der Waals surface area contributed by atoms with E-state index in [1.807, 2.05) is 13.0 Å². The number of nitrogens with zero attached hydrogens (tertiary/aromatic N) is 1. The van der Waals surface area contributed by atoms with Gasteiger partial charge in [0.25, 0.3) is 0 Å². The second-order valence-corrected chi connectivity index (χ2v) is 4.53. The Hall–Kier alpha value is -1.69. The zero-order chi connectivity index (χ0) is 13.3. The zero-order valence-electron chi connectivity index (χ0n) is 10.3. The molecule has 1 heterocycles. The standard InChI is InChI=1S/C12H13BrN2O3/c1-6-4-8(16-2)10(11(13)12(6)17-3)7-5-9(14)18-15-7/h4-5H,14H2,1-3H3. The van der Waals surface area contributed by atoms with Crippen molar-refractivity contribution >= 4 is 21.8 Å². The molecular weight excluding hydrogens is 300 g/mol. The number of hydrogen-bond acceptors (Lipinski definition) is 5. The maximum atomic E-state index is 5.54. The van der Waals surface area contributed by atoms with Crippen molar-refractivity contribution in [3.8, 4) is 22.8 Å². The molecule has 0 amide bonds. The van der Waals surface area contributed by atoms with Crippen molar-refractivity contribution in [3.05, 3.63) is 22.2 Å². The van der Waals surface area contributed by atoms with Gasteiger partial charge in [0.15, 0.2) is 0 Å². The van der Waals surface area contributed by atoms with Crippen molar-refractivity contribution < 1.29 is 14.0 Å². The molecule has 0 fully saturated rings. The van der Waals surface area contributed by atoms with E-state index in [4.69, 9.17) is 19.7 Å². The van der Waals surface area contributed by atoms with E-state index in [1.165, 1.54) is 0 Å². The van der Waals surface area contributed by atoms with Crippen LogP contribution in [-0.4, -0.2) is 19.4 Å². The minimum absolute atomic E-state index is 0.249. The lowest BCUT2D eigenvalue weighted by atomic mass is 10.1. The molecule has 2 aromatic rings.